The Morgan fingerprint density at radius 2 is 1.50 bits per heavy atom. The molecule has 0 atom stereocenters. The lowest BCUT2D eigenvalue weighted by Gasteiger charge is -2.06. The zero-order valence-electron chi connectivity index (χ0n) is 17.9. The Kier molecular flexibility index (Phi) is 4.64. The van der Waals surface area contributed by atoms with Crippen molar-refractivity contribution in [2.75, 3.05) is 0 Å². The fraction of sp³-hybridized carbons (Fsp3) is 0. The van der Waals surface area contributed by atoms with E-state index >= 15 is 0 Å². The van der Waals surface area contributed by atoms with Gasteiger partial charge in [0.05, 0.1) is 11.9 Å². The first kappa shape index (κ1) is 19.8. The van der Waals surface area contributed by atoms with E-state index in [1.165, 1.54) is 12.3 Å². The number of hydrogen-bond acceptors (Lipinski definition) is 4. The van der Waals surface area contributed by atoms with E-state index in [1.807, 2.05) is 66.7 Å². The maximum Gasteiger partial charge on any atom is 0.228 e. The molecule has 0 saturated heterocycles. The molecule has 0 N–H and O–H groups in total. The smallest absolute Gasteiger partial charge is 0.228 e. The van der Waals surface area contributed by atoms with Gasteiger partial charge in [-0.1, -0.05) is 66.7 Å². The Bertz CT molecular complexity index is 1700. The molecule has 6 rings (SSSR count). The average Bonchev–Trinajstić information content (AvgIpc) is 3.27. The van der Waals surface area contributed by atoms with Crippen LogP contribution in [0.5, 0.6) is 0 Å². The first-order valence-corrected chi connectivity index (χ1v) is 10.8. The Balaban J connectivity index is 1.51. The highest BCUT2D eigenvalue weighted by Crippen LogP contribution is 2.37. The number of rotatable bonds is 3. The van der Waals surface area contributed by atoms with Crippen LogP contribution in [0, 0.1) is 17.1 Å². The molecule has 0 aliphatic rings. The molecule has 0 amide bonds. The van der Waals surface area contributed by atoms with Gasteiger partial charge in [-0.3, -0.25) is 4.98 Å². The molecule has 0 spiro atoms. The second-order valence-corrected chi connectivity index (χ2v) is 7.94. The minimum Gasteiger partial charge on any atom is -0.437 e. The second-order valence-electron chi connectivity index (χ2n) is 7.94. The molecule has 0 unspecified atom stereocenters. The Morgan fingerprint density at radius 1 is 0.735 bits per heavy atom. The number of furan rings is 1. The quantitative estimate of drug-likeness (QED) is 0.287. The van der Waals surface area contributed by atoms with Crippen molar-refractivity contribution in [3.05, 3.63) is 109 Å². The number of hydrogen-bond donors (Lipinski definition) is 0. The van der Waals surface area contributed by atoms with Crippen molar-refractivity contribution in [2.24, 2.45) is 0 Å². The third kappa shape index (κ3) is 3.30. The normalized spacial score (nSPS) is 11.1. The topological polar surface area (TPSA) is 62.7 Å². The number of aromatic nitrogens is 2. The molecule has 0 radical (unpaired) electrons. The summed E-state index contributed by atoms with van der Waals surface area (Å²) in [6.07, 6.45) is 1.18. The van der Waals surface area contributed by atoms with Gasteiger partial charge in [-0.05, 0) is 41.0 Å². The molecule has 0 aliphatic heterocycles. The highest BCUT2D eigenvalue weighted by Gasteiger charge is 2.17. The molecule has 3 aromatic carbocycles. The van der Waals surface area contributed by atoms with Gasteiger partial charge in [0.2, 0.25) is 5.71 Å². The largest absolute Gasteiger partial charge is 0.437 e. The SMILES string of the molecule is N#Cc1nc2oc3c(-c4ccc(F)cn4)cccc3c2cc1-c1ccc(-c2ccccc2)cc1. The molecule has 0 bridgehead atoms. The predicted octanol–water partition coefficient (Wildman–Crippen LogP) is 7.39. The lowest BCUT2D eigenvalue weighted by atomic mass is 9.98. The minimum atomic E-state index is -0.399. The number of fused-ring (bicyclic) bond motifs is 3. The molecule has 0 aliphatic carbocycles. The van der Waals surface area contributed by atoms with Gasteiger partial charge < -0.3 is 4.42 Å². The van der Waals surface area contributed by atoms with Crippen molar-refractivity contribution in [1.82, 2.24) is 9.97 Å². The summed E-state index contributed by atoms with van der Waals surface area (Å²) in [5.41, 5.74) is 6.48. The standard InChI is InChI=1S/C29H16FN3O/c30-21-13-14-26(32-17-21)23-8-4-7-22-25-15-24(27(16-31)33-29(25)34-28(22)23)20-11-9-19(10-12-20)18-5-2-1-3-6-18/h1-15,17H. The summed E-state index contributed by atoms with van der Waals surface area (Å²) < 4.78 is 19.5. The van der Waals surface area contributed by atoms with Crippen molar-refractivity contribution >= 4 is 22.1 Å². The fourth-order valence-electron chi connectivity index (χ4n) is 4.24. The van der Waals surface area contributed by atoms with E-state index in [2.05, 4.69) is 28.2 Å². The summed E-state index contributed by atoms with van der Waals surface area (Å²) >= 11 is 0. The van der Waals surface area contributed by atoms with Crippen LogP contribution in [0.25, 0.3) is 55.6 Å². The highest BCUT2D eigenvalue weighted by molar-refractivity contribution is 6.09. The van der Waals surface area contributed by atoms with Gasteiger partial charge in [-0.15, -0.1) is 0 Å². The third-order valence-corrected chi connectivity index (χ3v) is 5.90. The monoisotopic (exact) mass is 441 g/mol. The molecular weight excluding hydrogens is 425 g/mol. The predicted molar refractivity (Wildman–Crippen MR) is 130 cm³/mol. The van der Waals surface area contributed by atoms with E-state index in [0.29, 0.717) is 22.7 Å². The highest BCUT2D eigenvalue weighted by atomic mass is 19.1. The van der Waals surface area contributed by atoms with Gasteiger partial charge in [-0.2, -0.15) is 5.26 Å². The van der Waals surface area contributed by atoms with Gasteiger partial charge in [0.1, 0.15) is 17.5 Å². The van der Waals surface area contributed by atoms with Crippen molar-refractivity contribution in [3.63, 3.8) is 0 Å². The van der Waals surface area contributed by atoms with Crippen LogP contribution in [0.15, 0.2) is 102 Å². The number of pyridine rings is 2. The Hall–Kier alpha value is -4.82. The Morgan fingerprint density at radius 3 is 2.24 bits per heavy atom. The fourth-order valence-corrected chi connectivity index (χ4v) is 4.24. The minimum absolute atomic E-state index is 0.292. The molecule has 160 valence electrons. The van der Waals surface area contributed by atoms with Crippen LogP contribution in [-0.4, -0.2) is 9.97 Å². The molecule has 5 heteroatoms. The van der Waals surface area contributed by atoms with Crippen molar-refractivity contribution in [2.45, 2.75) is 0 Å². The summed E-state index contributed by atoms with van der Waals surface area (Å²) in [6, 6.07) is 31.1. The molecule has 0 fully saturated rings. The van der Waals surface area contributed by atoms with E-state index in [0.717, 1.165) is 38.6 Å². The first-order chi connectivity index (χ1) is 16.7. The van der Waals surface area contributed by atoms with Crippen LogP contribution in [-0.2, 0) is 0 Å². The van der Waals surface area contributed by atoms with E-state index in [4.69, 9.17) is 4.42 Å². The summed E-state index contributed by atoms with van der Waals surface area (Å²) in [6.45, 7) is 0. The second kappa shape index (κ2) is 7.95. The number of para-hydroxylation sites is 1. The number of nitrogens with zero attached hydrogens (tertiary/aromatic N) is 3. The summed E-state index contributed by atoms with van der Waals surface area (Å²) in [5, 5.41) is 11.5. The van der Waals surface area contributed by atoms with Gasteiger partial charge >= 0.3 is 0 Å². The summed E-state index contributed by atoms with van der Waals surface area (Å²) in [4.78, 5) is 8.72. The first-order valence-electron chi connectivity index (χ1n) is 10.8. The van der Waals surface area contributed by atoms with Crippen LogP contribution < -0.4 is 0 Å². The van der Waals surface area contributed by atoms with Crippen molar-refractivity contribution in [3.8, 4) is 39.6 Å². The number of nitriles is 1. The van der Waals surface area contributed by atoms with E-state index in [9.17, 15) is 9.65 Å². The number of benzene rings is 3. The Labute approximate surface area is 194 Å². The molecule has 34 heavy (non-hydrogen) atoms. The zero-order valence-corrected chi connectivity index (χ0v) is 17.9. The zero-order chi connectivity index (χ0) is 23.1. The van der Waals surface area contributed by atoms with Crippen molar-refractivity contribution in [1.29, 1.82) is 5.26 Å². The van der Waals surface area contributed by atoms with E-state index in [-0.39, 0.29) is 0 Å². The molecular formula is C29H16FN3O. The summed E-state index contributed by atoms with van der Waals surface area (Å²) in [7, 11) is 0. The molecule has 4 nitrogen and oxygen atoms in total. The summed E-state index contributed by atoms with van der Waals surface area (Å²) in [5.74, 6) is -0.399. The third-order valence-electron chi connectivity index (χ3n) is 5.90. The van der Waals surface area contributed by atoms with Crippen LogP contribution in [0.3, 0.4) is 0 Å². The lowest BCUT2D eigenvalue weighted by molar-refractivity contribution is 0.621. The van der Waals surface area contributed by atoms with Gasteiger partial charge in [0, 0.05) is 21.9 Å². The van der Waals surface area contributed by atoms with Crippen LogP contribution >= 0.6 is 0 Å². The molecule has 3 heterocycles. The maximum absolute atomic E-state index is 13.4. The maximum atomic E-state index is 13.4. The van der Waals surface area contributed by atoms with Crippen LogP contribution in [0.2, 0.25) is 0 Å². The van der Waals surface area contributed by atoms with Gasteiger partial charge in [0.15, 0.2) is 5.69 Å². The van der Waals surface area contributed by atoms with Gasteiger partial charge in [-0.25, -0.2) is 9.37 Å². The van der Waals surface area contributed by atoms with Crippen LogP contribution in [0.1, 0.15) is 5.69 Å². The molecule has 6 aromatic rings. The molecule has 0 saturated carbocycles. The van der Waals surface area contributed by atoms with E-state index in [1.54, 1.807) is 6.07 Å². The lowest BCUT2D eigenvalue weighted by Crippen LogP contribution is -1.89. The van der Waals surface area contributed by atoms with Crippen molar-refractivity contribution < 1.29 is 8.81 Å². The van der Waals surface area contributed by atoms with Crippen LogP contribution in [0.4, 0.5) is 4.39 Å². The molecule has 3 aromatic heterocycles. The number of halogens is 1. The average molecular weight is 441 g/mol. The van der Waals surface area contributed by atoms with Gasteiger partial charge in [0.25, 0.3) is 0 Å². The van der Waals surface area contributed by atoms with E-state index < -0.39 is 5.82 Å².